The molecule has 0 spiro atoms. The van der Waals surface area contributed by atoms with E-state index in [2.05, 4.69) is 10.5 Å². The number of nitrogens with one attached hydrogen (secondary N) is 1. The van der Waals surface area contributed by atoms with Gasteiger partial charge in [0.15, 0.2) is 0 Å². The Hall–Kier alpha value is -2.80. The van der Waals surface area contributed by atoms with E-state index in [9.17, 15) is 14.5 Å². The van der Waals surface area contributed by atoms with Crippen LogP contribution in [0.1, 0.15) is 11.1 Å². The lowest BCUT2D eigenvalue weighted by Gasteiger charge is -2.23. The van der Waals surface area contributed by atoms with Crippen LogP contribution in [-0.2, 0) is 9.59 Å². The number of allylic oxidation sites excluding steroid dienone is 2. The summed E-state index contributed by atoms with van der Waals surface area (Å²) in [5.74, 6) is -0.545. The van der Waals surface area contributed by atoms with Crippen LogP contribution in [0.5, 0.6) is 0 Å². The predicted molar refractivity (Wildman–Crippen MR) is 92.9 cm³/mol. The van der Waals surface area contributed by atoms with E-state index in [1.54, 1.807) is 37.9 Å². The van der Waals surface area contributed by atoms with Gasteiger partial charge in [-0.2, -0.15) is 0 Å². The van der Waals surface area contributed by atoms with Crippen molar-refractivity contribution in [2.45, 2.75) is 13.8 Å². The van der Waals surface area contributed by atoms with Crippen molar-refractivity contribution in [1.82, 2.24) is 4.90 Å². The standard InChI is InChI=1S/C17H20N4O3/c1-10-7-13(20-24)11(2)6-12(10)19-14-8-17(23)15(9-16(14)22)21(3)5-4-18/h6-9,19H,4-5,18H2,1-3H3. The largest absolute Gasteiger partial charge is 0.370 e. The highest BCUT2D eigenvalue weighted by Gasteiger charge is 2.23. The molecular weight excluding hydrogens is 308 g/mol. The Balaban J connectivity index is 2.25. The number of nitrogens with two attached hydrogens (primary N) is 1. The van der Waals surface area contributed by atoms with Crippen LogP contribution in [0.2, 0.25) is 0 Å². The molecule has 0 aromatic heterocycles. The lowest BCUT2D eigenvalue weighted by molar-refractivity contribution is -0.116. The fourth-order valence-corrected chi connectivity index (χ4v) is 2.44. The fourth-order valence-electron chi connectivity index (χ4n) is 2.44. The summed E-state index contributed by atoms with van der Waals surface area (Å²) in [5.41, 5.74) is 8.44. The summed E-state index contributed by atoms with van der Waals surface area (Å²) in [4.78, 5) is 36.9. The highest BCUT2D eigenvalue weighted by atomic mass is 16.3. The Bertz CT molecular complexity index is 765. The molecule has 0 unspecified atom stereocenters. The average Bonchev–Trinajstić information content (AvgIpc) is 2.53. The normalized spacial score (nSPS) is 14.2. The number of nitroso groups, excluding NO2 is 1. The number of ketones is 2. The first-order valence-electron chi connectivity index (χ1n) is 7.52. The molecule has 7 nitrogen and oxygen atoms in total. The first-order valence-corrected chi connectivity index (χ1v) is 7.52. The number of anilines is 1. The topological polar surface area (TPSA) is 105 Å². The molecule has 0 bridgehead atoms. The van der Waals surface area contributed by atoms with E-state index in [0.29, 0.717) is 35.7 Å². The maximum absolute atomic E-state index is 12.3. The quantitative estimate of drug-likeness (QED) is 0.610. The zero-order valence-corrected chi connectivity index (χ0v) is 13.9. The van der Waals surface area contributed by atoms with E-state index in [-0.39, 0.29) is 17.3 Å². The molecule has 3 N–H and O–H groups in total. The van der Waals surface area contributed by atoms with Crippen LogP contribution in [0, 0.1) is 18.8 Å². The van der Waals surface area contributed by atoms with Gasteiger partial charge in [0.25, 0.3) is 0 Å². The van der Waals surface area contributed by atoms with E-state index in [1.807, 2.05) is 0 Å². The van der Waals surface area contributed by atoms with E-state index >= 15 is 0 Å². The Morgan fingerprint density at radius 2 is 1.83 bits per heavy atom. The molecule has 24 heavy (non-hydrogen) atoms. The number of carbonyl (C=O) groups excluding carboxylic acids is 2. The van der Waals surface area contributed by atoms with Gasteiger partial charge in [-0.15, -0.1) is 4.91 Å². The van der Waals surface area contributed by atoms with Gasteiger partial charge in [-0.1, -0.05) is 0 Å². The second-order valence-corrected chi connectivity index (χ2v) is 5.70. The Kier molecular flexibility index (Phi) is 5.25. The monoisotopic (exact) mass is 328 g/mol. The minimum absolute atomic E-state index is 0.194. The van der Waals surface area contributed by atoms with Crippen molar-refractivity contribution < 1.29 is 9.59 Å². The Morgan fingerprint density at radius 1 is 1.12 bits per heavy atom. The zero-order chi connectivity index (χ0) is 17.9. The maximum atomic E-state index is 12.3. The molecule has 0 amide bonds. The highest BCUT2D eigenvalue weighted by molar-refractivity contribution is 6.20. The van der Waals surface area contributed by atoms with Crippen LogP contribution in [0.4, 0.5) is 11.4 Å². The molecule has 1 aromatic rings. The molecule has 0 radical (unpaired) electrons. The minimum Gasteiger partial charge on any atom is -0.370 e. The van der Waals surface area contributed by atoms with Crippen molar-refractivity contribution in [3.63, 3.8) is 0 Å². The SMILES string of the molecule is Cc1cc(NC2=CC(=O)C(N(C)CCN)=CC2=O)c(C)cc1N=O. The van der Waals surface area contributed by atoms with Crippen LogP contribution >= 0.6 is 0 Å². The first kappa shape index (κ1) is 17.6. The van der Waals surface area contributed by atoms with Crippen LogP contribution in [0.25, 0.3) is 0 Å². The molecule has 0 saturated carbocycles. The van der Waals surface area contributed by atoms with Crippen LogP contribution in [0.3, 0.4) is 0 Å². The molecule has 1 aromatic carbocycles. The molecule has 1 aliphatic carbocycles. The molecule has 0 saturated heterocycles. The molecule has 126 valence electrons. The van der Waals surface area contributed by atoms with Gasteiger partial charge in [0.2, 0.25) is 11.6 Å². The van der Waals surface area contributed by atoms with Gasteiger partial charge in [0.05, 0.1) is 11.4 Å². The summed E-state index contributed by atoms with van der Waals surface area (Å²) >= 11 is 0. The number of carbonyl (C=O) groups is 2. The summed E-state index contributed by atoms with van der Waals surface area (Å²) in [6, 6.07) is 3.36. The van der Waals surface area contributed by atoms with Crippen LogP contribution in [0.15, 0.2) is 40.9 Å². The summed E-state index contributed by atoms with van der Waals surface area (Å²) < 4.78 is 0. The summed E-state index contributed by atoms with van der Waals surface area (Å²) in [5, 5.41) is 5.93. The summed E-state index contributed by atoms with van der Waals surface area (Å²) in [6.45, 7) is 4.42. The van der Waals surface area contributed by atoms with Crippen molar-refractivity contribution in [2.24, 2.45) is 10.9 Å². The smallest absolute Gasteiger partial charge is 0.204 e. The lowest BCUT2D eigenvalue weighted by atomic mass is 10.0. The predicted octanol–water partition coefficient (Wildman–Crippen LogP) is 1.92. The fraction of sp³-hybridized carbons (Fsp3) is 0.294. The number of hydrogen-bond donors (Lipinski definition) is 2. The number of rotatable bonds is 6. The van der Waals surface area contributed by atoms with E-state index in [4.69, 9.17) is 5.73 Å². The maximum Gasteiger partial charge on any atom is 0.204 e. The van der Waals surface area contributed by atoms with E-state index in [0.717, 1.165) is 5.56 Å². The molecule has 0 fully saturated rings. The molecule has 0 atom stereocenters. The second kappa shape index (κ2) is 7.18. The van der Waals surface area contributed by atoms with Crippen molar-refractivity contribution >= 4 is 22.9 Å². The zero-order valence-electron chi connectivity index (χ0n) is 13.9. The molecule has 0 heterocycles. The molecule has 1 aliphatic rings. The van der Waals surface area contributed by atoms with Gasteiger partial charge < -0.3 is 16.0 Å². The second-order valence-electron chi connectivity index (χ2n) is 5.70. The summed E-state index contributed by atoms with van der Waals surface area (Å²) in [6.07, 6.45) is 2.59. The van der Waals surface area contributed by atoms with Gasteiger partial charge >= 0.3 is 0 Å². The average molecular weight is 328 g/mol. The van der Waals surface area contributed by atoms with E-state index in [1.165, 1.54) is 12.2 Å². The van der Waals surface area contributed by atoms with Gasteiger partial charge in [-0.05, 0) is 42.3 Å². The Labute approximate surface area is 140 Å². The van der Waals surface area contributed by atoms with E-state index < -0.39 is 0 Å². The Morgan fingerprint density at radius 3 is 2.46 bits per heavy atom. The van der Waals surface area contributed by atoms with Gasteiger partial charge in [-0.3, -0.25) is 9.59 Å². The van der Waals surface area contributed by atoms with Crippen molar-refractivity contribution in [3.8, 4) is 0 Å². The van der Waals surface area contributed by atoms with Crippen molar-refractivity contribution in [1.29, 1.82) is 0 Å². The molecule has 0 aliphatic heterocycles. The lowest BCUT2D eigenvalue weighted by Crippen LogP contribution is -2.31. The summed E-state index contributed by atoms with van der Waals surface area (Å²) in [7, 11) is 1.72. The number of hydrogen-bond acceptors (Lipinski definition) is 7. The van der Waals surface area contributed by atoms with Gasteiger partial charge in [0.1, 0.15) is 5.69 Å². The molecular formula is C17H20N4O3. The molecule has 2 rings (SSSR count). The van der Waals surface area contributed by atoms with Crippen molar-refractivity contribution in [2.75, 3.05) is 25.5 Å². The third-order valence-corrected chi connectivity index (χ3v) is 3.85. The third-order valence-electron chi connectivity index (χ3n) is 3.85. The highest BCUT2D eigenvalue weighted by Crippen LogP contribution is 2.28. The number of benzene rings is 1. The number of nitrogens with zero attached hydrogens (tertiary/aromatic N) is 2. The first-order chi connectivity index (χ1) is 11.4. The van der Waals surface area contributed by atoms with Crippen molar-refractivity contribution in [3.05, 3.63) is 51.7 Å². The van der Waals surface area contributed by atoms with Gasteiger partial charge in [-0.25, -0.2) is 0 Å². The third kappa shape index (κ3) is 3.57. The van der Waals surface area contributed by atoms with Crippen LogP contribution < -0.4 is 11.1 Å². The number of aryl methyl sites for hydroxylation is 2. The molecule has 7 heteroatoms. The van der Waals surface area contributed by atoms with Gasteiger partial charge in [0, 0.05) is 38.0 Å². The van der Waals surface area contributed by atoms with Crippen LogP contribution in [-0.4, -0.2) is 36.6 Å². The number of likely N-dealkylation sites (N-methyl/N-ethyl adjacent to an activating group) is 1. The minimum atomic E-state index is -0.289.